The largest absolute Gasteiger partial charge is 0.497 e. The van der Waals surface area contributed by atoms with Crippen LogP contribution in [0.3, 0.4) is 0 Å². The van der Waals surface area contributed by atoms with E-state index >= 15 is 0 Å². The second kappa shape index (κ2) is 12.9. The van der Waals surface area contributed by atoms with Crippen molar-refractivity contribution in [3.63, 3.8) is 0 Å². The lowest BCUT2D eigenvalue weighted by Crippen LogP contribution is -2.51. The molecule has 3 aromatic rings. The van der Waals surface area contributed by atoms with Gasteiger partial charge in [0.15, 0.2) is 0 Å². The van der Waals surface area contributed by atoms with Gasteiger partial charge in [-0.3, -0.25) is 13.9 Å². The van der Waals surface area contributed by atoms with E-state index < -0.39 is 28.5 Å². The van der Waals surface area contributed by atoms with E-state index in [4.69, 9.17) is 4.74 Å². The summed E-state index contributed by atoms with van der Waals surface area (Å²) in [7, 11) is -1.03. The average Bonchev–Trinajstić information content (AvgIpc) is 2.91. The fourth-order valence-corrected chi connectivity index (χ4v) is 5.80. The second-order valence-electron chi connectivity index (χ2n) is 8.71. The summed E-state index contributed by atoms with van der Waals surface area (Å²) in [6, 6.07) is 19.6. The molecule has 38 heavy (non-hydrogen) atoms. The summed E-state index contributed by atoms with van der Waals surface area (Å²) in [6.07, 6.45) is 0.350. The lowest BCUT2D eigenvalue weighted by molar-refractivity contribution is -0.140. The van der Waals surface area contributed by atoms with Gasteiger partial charge in [-0.2, -0.15) is 0 Å². The molecule has 0 aliphatic carbocycles. The number of hydrogen-bond donors (Lipinski definition) is 1. The number of hydrogen-bond acceptors (Lipinski definition) is 5. The van der Waals surface area contributed by atoms with Gasteiger partial charge >= 0.3 is 0 Å². The van der Waals surface area contributed by atoms with Gasteiger partial charge in [-0.05, 0) is 61.4 Å². The van der Waals surface area contributed by atoms with Gasteiger partial charge in [-0.25, -0.2) is 8.42 Å². The molecule has 0 heterocycles. The molecule has 0 spiro atoms. The Morgan fingerprint density at radius 2 is 1.68 bits per heavy atom. The fraction of sp³-hybridized carbons (Fsp3) is 0.286. The highest BCUT2D eigenvalue weighted by Crippen LogP contribution is 2.27. The zero-order chi connectivity index (χ0) is 27.9. The maximum absolute atomic E-state index is 13.9. The van der Waals surface area contributed by atoms with Crippen LogP contribution < -0.4 is 14.4 Å². The number of ether oxygens (including phenoxy) is 1. The normalized spacial score (nSPS) is 11.9. The average molecular weight is 603 g/mol. The predicted octanol–water partition coefficient (Wildman–Crippen LogP) is 4.51. The summed E-state index contributed by atoms with van der Waals surface area (Å²) in [5.41, 5.74) is 2.01. The van der Waals surface area contributed by atoms with Crippen LogP contribution in [-0.2, 0) is 26.2 Å². The van der Waals surface area contributed by atoms with Gasteiger partial charge in [0.1, 0.15) is 18.3 Å². The van der Waals surface area contributed by atoms with Crippen LogP contribution in [0.25, 0.3) is 0 Å². The number of halogens is 1. The van der Waals surface area contributed by atoms with Gasteiger partial charge < -0.3 is 15.0 Å². The minimum atomic E-state index is -4.11. The maximum Gasteiger partial charge on any atom is 0.264 e. The minimum absolute atomic E-state index is 0.0657. The van der Waals surface area contributed by atoms with Crippen LogP contribution in [0.15, 0.2) is 82.2 Å². The van der Waals surface area contributed by atoms with Crippen LogP contribution in [0.2, 0.25) is 0 Å². The Bertz CT molecular complexity index is 1360. The standard InChI is InChI=1S/C28H32BrN3O5S/c1-5-26(28(34)30-3)31(18-21-11-13-24(37-4)14-12-21)27(33)19-32(23-8-6-7-22(29)17-23)38(35,36)25-15-9-20(2)10-16-25/h6-17,26H,5,18-19H2,1-4H3,(H,30,34)/t26-/m0/s1. The van der Waals surface area contributed by atoms with Gasteiger partial charge in [0.05, 0.1) is 17.7 Å². The molecule has 3 aromatic carbocycles. The molecule has 0 saturated carbocycles. The zero-order valence-electron chi connectivity index (χ0n) is 21.8. The molecule has 0 fully saturated rings. The van der Waals surface area contributed by atoms with E-state index in [1.807, 2.05) is 26.0 Å². The van der Waals surface area contributed by atoms with Crippen molar-refractivity contribution in [3.8, 4) is 5.75 Å². The summed E-state index contributed by atoms with van der Waals surface area (Å²) in [5.74, 6) is -0.174. The Hall–Kier alpha value is -3.37. The minimum Gasteiger partial charge on any atom is -0.497 e. The van der Waals surface area contributed by atoms with E-state index in [1.165, 1.54) is 24.1 Å². The molecule has 0 bridgehead atoms. The number of aryl methyl sites for hydroxylation is 1. The van der Waals surface area contributed by atoms with E-state index in [1.54, 1.807) is 55.6 Å². The van der Waals surface area contributed by atoms with E-state index in [9.17, 15) is 18.0 Å². The van der Waals surface area contributed by atoms with Gasteiger partial charge in [-0.1, -0.05) is 58.7 Å². The molecule has 2 amide bonds. The van der Waals surface area contributed by atoms with Crippen molar-refractivity contribution >= 4 is 43.5 Å². The SMILES string of the molecule is CC[C@@H](C(=O)NC)N(Cc1ccc(OC)cc1)C(=O)CN(c1cccc(Br)c1)S(=O)(=O)c1ccc(C)cc1. The quantitative estimate of drug-likeness (QED) is 0.349. The number of anilines is 1. The molecule has 0 unspecified atom stereocenters. The lowest BCUT2D eigenvalue weighted by Gasteiger charge is -2.33. The molecule has 8 nitrogen and oxygen atoms in total. The number of methoxy groups -OCH3 is 1. The Morgan fingerprint density at radius 1 is 1.03 bits per heavy atom. The van der Waals surface area contributed by atoms with Crippen molar-refractivity contribution in [1.82, 2.24) is 10.2 Å². The Labute approximate surface area is 232 Å². The molecule has 0 aliphatic heterocycles. The predicted molar refractivity (Wildman–Crippen MR) is 152 cm³/mol. The van der Waals surface area contributed by atoms with Gasteiger partial charge in [0.25, 0.3) is 10.0 Å². The number of carbonyl (C=O) groups is 2. The number of benzene rings is 3. The van der Waals surface area contributed by atoms with Gasteiger partial charge in [0.2, 0.25) is 11.8 Å². The summed E-state index contributed by atoms with van der Waals surface area (Å²) in [5, 5.41) is 2.62. The molecule has 1 N–H and O–H groups in total. The number of nitrogens with one attached hydrogen (secondary N) is 1. The van der Waals surface area contributed by atoms with Crippen molar-refractivity contribution in [1.29, 1.82) is 0 Å². The topological polar surface area (TPSA) is 96.0 Å². The third-order valence-electron chi connectivity index (χ3n) is 6.13. The first kappa shape index (κ1) is 29.2. The maximum atomic E-state index is 13.9. The number of sulfonamides is 1. The van der Waals surface area contributed by atoms with Gasteiger partial charge in [-0.15, -0.1) is 0 Å². The van der Waals surface area contributed by atoms with Crippen LogP contribution in [-0.4, -0.2) is 51.9 Å². The first-order valence-corrected chi connectivity index (χ1v) is 14.3. The number of likely N-dealkylation sites (N-methyl/N-ethyl adjacent to an activating group) is 1. The number of carbonyl (C=O) groups excluding carboxylic acids is 2. The van der Waals surface area contributed by atoms with Crippen LogP contribution in [0, 0.1) is 6.92 Å². The molecule has 202 valence electrons. The summed E-state index contributed by atoms with van der Waals surface area (Å²) in [4.78, 5) is 28.2. The zero-order valence-corrected chi connectivity index (χ0v) is 24.3. The first-order valence-electron chi connectivity index (χ1n) is 12.1. The molecule has 0 aliphatic rings. The molecule has 0 radical (unpaired) electrons. The highest BCUT2D eigenvalue weighted by Gasteiger charge is 2.33. The summed E-state index contributed by atoms with van der Waals surface area (Å²) >= 11 is 3.40. The number of rotatable bonds is 11. The fourth-order valence-electron chi connectivity index (χ4n) is 4.01. The third-order valence-corrected chi connectivity index (χ3v) is 8.41. The van der Waals surface area contributed by atoms with Crippen molar-refractivity contribution in [3.05, 3.63) is 88.4 Å². The van der Waals surface area contributed by atoms with E-state index in [0.717, 1.165) is 15.4 Å². The van der Waals surface area contributed by atoms with Crippen LogP contribution in [0.1, 0.15) is 24.5 Å². The molecule has 0 aromatic heterocycles. The second-order valence-corrected chi connectivity index (χ2v) is 11.5. The van der Waals surface area contributed by atoms with Crippen LogP contribution >= 0.6 is 15.9 Å². The highest BCUT2D eigenvalue weighted by molar-refractivity contribution is 9.10. The van der Waals surface area contributed by atoms with Crippen LogP contribution in [0.5, 0.6) is 5.75 Å². The number of nitrogens with zero attached hydrogens (tertiary/aromatic N) is 2. The number of amides is 2. The van der Waals surface area contributed by atoms with Crippen molar-refractivity contribution in [2.24, 2.45) is 0 Å². The Morgan fingerprint density at radius 3 is 2.24 bits per heavy atom. The Balaban J connectivity index is 2.04. The molecule has 10 heteroatoms. The van der Waals surface area contributed by atoms with E-state index in [0.29, 0.717) is 22.3 Å². The highest BCUT2D eigenvalue weighted by atomic mass is 79.9. The third kappa shape index (κ3) is 6.93. The summed E-state index contributed by atoms with van der Waals surface area (Å²) < 4.78 is 34.6. The van der Waals surface area contributed by atoms with Crippen LogP contribution in [0.4, 0.5) is 5.69 Å². The van der Waals surface area contributed by atoms with Crippen molar-refractivity contribution < 1.29 is 22.7 Å². The summed E-state index contributed by atoms with van der Waals surface area (Å²) in [6.45, 7) is 3.30. The molecular formula is C28H32BrN3O5S. The van der Waals surface area contributed by atoms with Crippen molar-refractivity contribution in [2.75, 3.05) is 25.0 Å². The molecule has 0 saturated heterocycles. The monoisotopic (exact) mass is 601 g/mol. The van der Waals surface area contributed by atoms with Crippen molar-refractivity contribution in [2.45, 2.75) is 37.8 Å². The molecular weight excluding hydrogens is 570 g/mol. The molecule has 3 rings (SSSR count). The Kier molecular flexibility index (Phi) is 9.93. The smallest absolute Gasteiger partial charge is 0.264 e. The van der Waals surface area contributed by atoms with E-state index in [2.05, 4.69) is 21.2 Å². The van der Waals surface area contributed by atoms with Gasteiger partial charge in [0, 0.05) is 18.1 Å². The lowest BCUT2D eigenvalue weighted by atomic mass is 10.1. The van der Waals surface area contributed by atoms with E-state index in [-0.39, 0.29) is 17.3 Å². The molecule has 1 atom stereocenters. The first-order chi connectivity index (χ1) is 18.1.